The summed E-state index contributed by atoms with van der Waals surface area (Å²) in [6, 6.07) is 5.59. The first-order chi connectivity index (χ1) is 13.2. The van der Waals surface area contributed by atoms with E-state index in [1.54, 1.807) is 6.07 Å². The number of nitrogens with zero attached hydrogens (tertiary/aromatic N) is 3. The van der Waals surface area contributed by atoms with Crippen LogP contribution in [-0.4, -0.2) is 28.6 Å². The Kier molecular flexibility index (Phi) is 5.07. The van der Waals surface area contributed by atoms with E-state index in [1.165, 1.54) is 0 Å². The second-order valence-electron chi connectivity index (χ2n) is 8.58. The van der Waals surface area contributed by atoms with Gasteiger partial charge in [-0.15, -0.1) is 0 Å². The van der Waals surface area contributed by atoms with Gasteiger partial charge in [-0.05, 0) is 52.0 Å². The fraction of sp³-hybridized carbons (Fsp3) is 0.524. The first-order valence-electron chi connectivity index (χ1n) is 9.86. The quantitative estimate of drug-likeness (QED) is 0.769. The normalized spacial score (nSPS) is 20.7. The van der Waals surface area contributed by atoms with Gasteiger partial charge in [0.05, 0.1) is 27.0 Å². The summed E-state index contributed by atoms with van der Waals surface area (Å²) in [4.78, 5) is 12.3. The number of anilines is 1. The van der Waals surface area contributed by atoms with Gasteiger partial charge in [-0.25, -0.2) is 9.97 Å². The van der Waals surface area contributed by atoms with Crippen molar-refractivity contribution in [1.82, 2.24) is 9.97 Å². The summed E-state index contributed by atoms with van der Waals surface area (Å²) in [6.07, 6.45) is 4.80. The van der Waals surface area contributed by atoms with E-state index in [9.17, 15) is 0 Å². The molecule has 0 atom stereocenters. The van der Waals surface area contributed by atoms with E-state index in [4.69, 9.17) is 44.6 Å². The van der Waals surface area contributed by atoms with E-state index in [1.807, 2.05) is 19.1 Å². The molecule has 2 aliphatic rings. The smallest absolute Gasteiger partial charge is 0.152 e. The van der Waals surface area contributed by atoms with Crippen LogP contribution in [0.25, 0.3) is 11.3 Å². The van der Waals surface area contributed by atoms with Gasteiger partial charge in [-0.3, -0.25) is 0 Å². The van der Waals surface area contributed by atoms with Gasteiger partial charge in [-0.2, -0.15) is 0 Å². The molecular formula is C21H27Cl2N5. The molecule has 4 N–H and O–H groups in total. The van der Waals surface area contributed by atoms with E-state index in [2.05, 4.69) is 11.8 Å². The summed E-state index contributed by atoms with van der Waals surface area (Å²) in [5.41, 5.74) is 15.8. The van der Waals surface area contributed by atoms with Gasteiger partial charge < -0.3 is 16.4 Å². The molecule has 1 aliphatic heterocycles. The van der Waals surface area contributed by atoms with E-state index in [-0.39, 0.29) is 5.54 Å². The number of aryl methyl sites for hydroxylation is 1. The predicted molar refractivity (Wildman–Crippen MR) is 116 cm³/mol. The molecule has 0 radical (unpaired) electrons. The van der Waals surface area contributed by atoms with Crippen LogP contribution in [-0.2, 0) is 5.54 Å². The zero-order valence-electron chi connectivity index (χ0n) is 16.4. The number of hydrogen-bond donors (Lipinski definition) is 2. The van der Waals surface area contributed by atoms with Gasteiger partial charge in [0.25, 0.3) is 0 Å². The summed E-state index contributed by atoms with van der Waals surface area (Å²) in [7, 11) is 0. The molecule has 2 heterocycles. The summed E-state index contributed by atoms with van der Waals surface area (Å²) in [5.74, 6) is 0.900. The highest BCUT2D eigenvalue weighted by molar-refractivity contribution is 6.43. The number of aromatic nitrogens is 2. The lowest BCUT2D eigenvalue weighted by atomic mass is 9.74. The molecule has 4 rings (SSSR count). The standard InChI is InChI=1S/C21H27Cl2N5/c1-13-17(14-5-3-6-15(22)16(14)23)27-18(21(25)7-4-8-21)19(26-13)28-11-9-20(2,24)10-12-28/h3,5-6H,4,7-12,24-25H2,1-2H3. The van der Waals surface area contributed by atoms with Crippen molar-refractivity contribution in [3.8, 4) is 11.3 Å². The Morgan fingerprint density at radius 3 is 2.32 bits per heavy atom. The molecule has 0 amide bonds. The van der Waals surface area contributed by atoms with Crippen LogP contribution in [0.1, 0.15) is 50.4 Å². The van der Waals surface area contributed by atoms with Crippen molar-refractivity contribution >= 4 is 29.0 Å². The number of rotatable bonds is 3. The molecule has 0 bridgehead atoms. The van der Waals surface area contributed by atoms with Gasteiger partial charge >= 0.3 is 0 Å². The lowest BCUT2D eigenvalue weighted by molar-refractivity contribution is 0.245. The number of nitrogens with two attached hydrogens (primary N) is 2. The lowest BCUT2D eigenvalue weighted by Crippen LogP contribution is -2.50. The lowest BCUT2D eigenvalue weighted by Gasteiger charge is -2.43. The minimum absolute atomic E-state index is 0.121. The molecular weight excluding hydrogens is 393 g/mol. The number of benzene rings is 1. The molecule has 28 heavy (non-hydrogen) atoms. The van der Waals surface area contributed by atoms with Crippen molar-refractivity contribution in [3.05, 3.63) is 39.6 Å². The third kappa shape index (κ3) is 3.50. The Morgan fingerprint density at radius 1 is 1.04 bits per heavy atom. The van der Waals surface area contributed by atoms with Gasteiger partial charge in [0.1, 0.15) is 5.69 Å². The van der Waals surface area contributed by atoms with Crippen molar-refractivity contribution in [2.75, 3.05) is 18.0 Å². The zero-order valence-corrected chi connectivity index (χ0v) is 17.9. The summed E-state index contributed by atoms with van der Waals surface area (Å²) < 4.78 is 0. The van der Waals surface area contributed by atoms with Crippen LogP contribution in [0.4, 0.5) is 5.82 Å². The third-order valence-electron chi connectivity index (χ3n) is 6.18. The van der Waals surface area contributed by atoms with Gasteiger partial charge in [0.2, 0.25) is 0 Å². The second-order valence-corrected chi connectivity index (χ2v) is 9.37. The van der Waals surface area contributed by atoms with Crippen molar-refractivity contribution in [2.24, 2.45) is 11.5 Å². The molecule has 7 heteroatoms. The van der Waals surface area contributed by atoms with E-state index < -0.39 is 5.54 Å². The van der Waals surface area contributed by atoms with E-state index in [0.717, 1.165) is 73.7 Å². The Labute approximate surface area is 176 Å². The van der Waals surface area contributed by atoms with Gasteiger partial charge in [-0.1, -0.05) is 35.3 Å². The number of halogens is 2. The summed E-state index contributed by atoms with van der Waals surface area (Å²) in [6.45, 7) is 5.81. The molecule has 0 spiro atoms. The largest absolute Gasteiger partial charge is 0.355 e. The highest BCUT2D eigenvalue weighted by Gasteiger charge is 2.41. The van der Waals surface area contributed by atoms with Crippen molar-refractivity contribution < 1.29 is 0 Å². The first kappa shape index (κ1) is 19.9. The van der Waals surface area contributed by atoms with E-state index in [0.29, 0.717) is 10.0 Å². The van der Waals surface area contributed by atoms with Crippen LogP contribution in [0, 0.1) is 6.92 Å². The van der Waals surface area contributed by atoms with Crippen LogP contribution in [0.2, 0.25) is 10.0 Å². The minimum atomic E-state index is -0.431. The maximum atomic E-state index is 6.74. The molecule has 1 aliphatic carbocycles. The van der Waals surface area contributed by atoms with Gasteiger partial charge in [0.15, 0.2) is 5.82 Å². The average molecular weight is 420 g/mol. The van der Waals surface area contributed by atoms with Crippen LogP contribution >= 0.6 is 23.2 Å². The molecule has 1 aromatic carbocycles. The maximum Gasteiger partial charge on any atom is 0.152 e. The third-order valence-corrected chi connectivity index (χ3v) is 7.00. The van der Waals surface area contributed by atoms with Crippen molar-refractivity contribution in [1.29, 1.82) is 0 Å². The van der Waals surface area contributed by atoms with Crippen LogP contribution in [0.3, 0.4) is 0 Å². The highest BCUT2D eigenvalue weighted by Crippen LogP contribution is 2.44. The Balaban J connectivity index is 1.82. The second kappa shape index (κ2) is 7.13. The molecule has 2 fully saturated rings. The number of hydrogen-bond acceptors (Lipinski definition) is 5. The highest BCUT2D eigenvalue weighted by atomic mass is 35.5. The molecule has 1 saturated carbocycles. The number of piperidine rings is 1. The van der Waals surface area contributed by atoms with Crippen molar-refractivity contribution in [3.63, 3.8) is 0 Å². The topological polar surface area (TPSA) is 81.1 Å². The monoisotopic (exact) mass is 419 g/mol. The summed E-state index contributed by atoms with van der Waals surface area (Å²) in [5, 5.41) is 1.01. The fourth-order valence-electron chi connectivity index (χ4n) is 4.03. The first-order valence-corrected chi connectivity index (χ1v) is 10.6. The molecule has 1 aromatic heterocycles. The Bertz CT molecular complexity index is 898. The zero-order chi connectivity index (χ0) is 20.1. The fourth-order valence-corrected chi connectivity index (χ4v) is 4.42. The Hall–Kier alpha value is -1.40. The van der Waals surface area contributed by atoms with Gasteiger partial charge in [0, 0.05) is 24.2 Å². The Morgan fingerprint density at radius 2 is 1.71 bits per heavy atom. The van der Waals surface area contributed by atoms with Crippen LogP contribution in [0.15, 0.2) is 18.2 Å². The van der Waals surface area contributed by atoms with Crippen molar-refractivity contribution in [2.45, 2.75) is 57.0 Å². The van der Waals surface area contributed by atoms with Crippen LogP contribution in [0.5, 0.6) is 0 Å². The van der Waals surface area contributed by atoms with E-state index >= 15 is 0 Å². The summed E-state index contributed by atoms with van der Waals surface area (Å²) >= 11 is 12.7. The molecule has 1 saturated heterocycles. The predicted octanol–water partition coefficient (Wildman–Crippen LogP) is 4.41. The minimum Gasteiger partial charge on any atom is -0.355 e. The average Bonchev–Trinajstić information content (AvgIpc) is 2.62. The molecule has 0 unspecified atom stereocenters. The van der Waals surface area contributed by atoms with Crippen LogP contribution < -0.4 is 16.4 Å². The maximum absolute atomic E-state index is 6.74. The molecule has 150 valence electrons. The molecule has 2 aromatic rings. The molecule has 5 nitrogen and oxygen atoms in total. The SMILES string of the molecule is Cc1nc(N2CCC(C)(N)CC2)c(C2(N)CCC2)nc1-c1cccc(Cl)c1Cl.